The molecule has 0 atom stereocenters. The lowest BCUT2D eigenvalue weighted by Gasteiger charge is -2.06. The van der Waals surface area contributed by atoms with Gasteiger partial charge in [-0.2, -0.15) is 0 Å². The van der Waals surface area contributed by atoms with Crippen LogP contribution < -0.4 is 15.8 Å². The summed E-state index contributed by atoms with van der Waals surface area (Å²) in [5, 5.41) is 2.77. The quantitative estimate of drug-likeness (QED) is 0.674. The molecule has 0 aliphatic rings. The van der Waals surface area contributed by atoms with Crippen LogP contribution in [-0.2, 0) is 4.79 Å². The third-order valence-corrected chi connectivity index (χ3v) is 2.07. The minimum Gasteiger partial charge on any atom is -0.484 e. The molecule has 0 radical (unpaired) electrons. The molecule has 0 unspecified atom stereocenters. The lowest BCUT2D eigenvalue weighted by Crippen LogP contribution is -2.29. The molecule has 4 nitrogen and oxygen atoms in total. The van der Waals surface area contributed by atoms with E-state index >= 15 is 0 Å². The normalized spacial score (nSPS) is 9.81. The van der Waals surface area contributed by atoms with Gasteiger partial charge in [0.2, 0.25) is 0 Å². The van der Waals surface area contributed by atoms with E-state index in [9.17, 15) is 4.79 Å². The number of ether oxygens (including phenoxy) is 1. The van der Waals surface area contributed by atoms with Gasteiger partial charge in [0.1, 0.15) is 5.75 Å². The van der Waals surface area contributed by atoms with Gasteiger partial charge in [0.15, 0.2) is 6.61 Å². The van der Waals surface area contributed by atoms with E-state index in [4.69, 9.17) is 10.5 Å². The van der Waals surface area contributed by atoms with Crippen LogP contribution in [0.15, 0.2) is 30.3 Å². The van der Waals surface area contributed by atoms with Crippen LogP contribution in [0.5, 0.6) is 5.75 Å². The molecule has 4 heteroatoms. The zero-order valence-corrected chi connectivity index (χ0v) is 9.32. The van der Waals surface area contributed by atoms with E-state index in [0.29, 0.717) is 18.8 Å². The highest BCUT2D eigenvalue weighted by Crippen LogP contribution is 2.07. The highest BCUT2D eigenvalue weighted by atomic mass is 16.5. The Kier molecular flexibility index (Phi) is 6.03. The summed E-state index contributed by atoms with van der Waals surface area (Å²) in [6.45, 7) is 1.39. The lowest BCUT2D eigenvalue weighted by molar-refractivity contribution is -0.123. The van der Waals surface area contributed by atoms with Crippen LogP contribution in [0.2, 0.25) is 0 Å². The van der Waals surface area contributed by atoms with Gasteiger partial charge in [0.25, 0.3) is 5.91 Å². The molecule has 0 bridgehead atoms. The van der Waals surface area contributed by atoms with E-state index in [0.717, 1.165) is 12.8 Å². The number of para-hydroxylation sites is 1. The summed E-state index contributed by atoms with van der Waals surface area (Å²) >= 11 is 0. The molecule has 1 amide bonds. The van der Waals surface area contributed by atoms with Crippen molar-refractivity contribution in [1.82, 2.24) is 5.32 Å². The van der Waals surface area contributed by atoms with E-state index in [-0.39, 0.29) is 12.5 Å². The van der Waals surface area contributed by atoms with Crippen molar-refractivity contribution < 1.29 is 9.53 Å². The van der Waals surface area contributed by atoms with E-state index < -0.39 is 0 Å². The highest BCUT2D eigenvalue weighted by Gasteiger charge is 2.00. The first-order chi connectivity index (χ1) is 7.83. The van der Waals surface area contributed by atoms with E-state index in [2.05, 4.69) is 5.32 Å². The SMILES string of the molecule is NCCCCNC(=O)COc1ccccc1. The summed E-state index contributed by atoms with van der Waals surface area (Å²) in [6, 6.07) is 9.28. The van der Waals surface area contributed by atoms with Gasteiger partial charge in [0, 0.05) is 6.54 Å². The average molecular weight is 222 g/mol. The summed E-state index contributed by atoms with van der Waals surface area (Å²) < 4.78 is 5.29. The summed E-state index contributed by atoms with van der Waals surface area (Å²) in [7, 11) is 0. The van der Waals surface area contributed by atoms with E-state index in [1.165, 1.54) is 0 Å². The third kappa shape index (κ3) is 5.36. The number of amides is 1. The smallest absolute Gasteiger partial charge is 0.257 e. The van der Waals surface area contributed by atoms with Gasteiger partial charge in [0.05, 0.1) is 0 Å². The number of rotatable bonds is 7. The molecule has 1 aromatic carbocycles. The van der Waals surface area contributed by atoms with Gasteiger partial charge in [-0.1, -0.05) is 18.2 Å². The minimum absolute atomic E-state index is 0.0621. The van der Waals surface area contributed by atoms with Crippen molar-refractivity contribution in [3.63, 3.8) is 0 Å². The first kappa shape index (κ1) is 12.5. The van der Waals surface area contributed by atoms with Gasteiger partial charge in [-0.05, 0) is 31.5 Å². The first-order valence-corrected chi connectivity index (χ1v) is 5.47. The predicted molar refractivity (Wildman–Crippen MR) is 63.2 cm³/mol. The Morgan fingerprint density at radius 1 is 1.25 bits per heavy atom. The predicted octanol–water partition coefficient (Wildman–Crippen LogP) is 0.920. The number of hydrogen-bond donors (Lipinski definition) is 2. The van der Waals surface area contributed by atoms with Crippen LogP contribution in [0.3, 0.4) is 0 Å². The van der Waals surface area contributed by atoms with Gasteiger partial charge in [-0.15, -0.1) is 0 Å². The second-order valence-electron chi connectivity index (χ2n) is 3.45. The summed E-state index contributed by atoms with van der Waals surface area (Å²) in [5.74, 6) is 0.612. The largest absolute Gasteiger partial charge is 0.484 e. The Balaban J connectivity index is 2.11. The second kappa shape index (κ2) is 7.70. The zero-order valence-electron chi connectivity index (χ0n) is 9.32. The zero-order chi connectivity index (χ0) is 11.6. The van der Waals surface area contributed by atoms with Gasteiger partial charge >= 0.3 is 0 Å². The van der Waals surface area contributed by atoms with Crippen molar-refractivity contribution in [2.75, 3.05) is 19.7 Å². The molecule has 0 heterocycles. The Bertz CT molecular complexity index is 301. The first-order valence-electron chi connectivity index (χ1n) is 5.47. The molecule has 1 aromatic rings. The molecule has 0 aliphatic carbocycles. The van der Waals surface area contributed by atoms with Crippen molar-refractivity contribution in [3.05, 3.63) is 30.3 Å². The Morgan fingerprint density at radius 2 is 2.00 bits per heavy atom. The van der Waals surface area contributed by atoms with Crippen LogP contribution in [0, 0.1) is 0 Å². The molecule has 0 saturated heterocycles. The minimum atomic E-state index is -0.0964. The Hall–Kier alpha value is -1.55. The van der Waals surface area contributed by atoms with Crippen molar-refractivity contribution >= 4 is 5.91 Å². The fourth-order valence-corrected chi connectivity index (χ4v) is 1.21. The fourth-order valence-electron chi connectivity index (χ4n) is 1.21. The molecule has 3 N–H and O–H groups in total. The van der Waals surface area contributed by atoms with Crippen LogP contribution in [0.25, 0.3) is 0 Å². The topological polar surface area (TPSA) is 64.3 Å². The molecule has 1 rings (SSSR count). The van der Waals surface area contributed by atoms with Crippen LogP contribution >= 0.6 is 0 Å². The third-order valence-electron chi connectivity index (χ3n) is 2.07. The number of unbranched alkanes of at least 4 members (excludes halogenated alkanes) is 1. The van der Waals surface area contributed by atoms with Crippen LogP contribution in [0.4, 0.5) is 0 Å². The molecule has 88 valence electrons. The van der Waals surface area contributed by atoms with Crippen molar-refractivity contribution in [3.8, 4) is 5.75 Å². The molecular formula is C12H18N2O2. The molecule has 16 heavy (non-hydrogen) atoms. The number of nitrogens with one attached hydrogen (secondary N) is 1. The molecule has 0 aliphatic heterocycles. The number of carbonyl (C=O) groups excluding carboxylic acids is 1. The molecule has 0 aromatic heterocycles. The van der Waals surface area contributed by atoms with Crippen LogP contribution in [0.1, 0.15) is 12.8 Å². The Morgan fingerprint density at radius 3 is 2.69 bits per heavy atom. The molecular weight excluding hydrogens is 204 g/mol. The Labute approximate surface area is 95.8 Å². The summed E-state index contributed by atoms with van der Waals surface area (Å²) in [6.07, 6.45) is 1.84. The van der Waals surface area contributed by atoms with Gasteiger partial charge < -0.3 is 15.8 Å². The van der Waals surface area contributed by atoms with Crippen molar-refractivity contribution in [1.29, 1.82) is 0 Å². The fraction of sp³-hybridized carbons (Fsp3) is 0.417. The maximum atomic E-state index is 11.3. The van der Waals surface area contributed by atoms with E-state index in [1.54, 1.807) is 0 Å². The second-order valence-corrected chi connectivity index (χ2v) is 3.45. The number of hydrogen-bond acceptors (Lipinski definition) is 3. The maximum absolute atomic E-state index is 11.3. The monoisotopic (exact) mass is 222 g/mol. The molecule has 0 saturated carbocycles. The lowest BCUT2D eigenvalue weighted by atomic mass is 10.3. The summed E-state index contributed by atoms with van der Waals surface area (Å²) in [5.41, 5.74) is 5.34. The average Bonchev–Trinajstić information content (AvgIpc) is 2.33. The van der Waals surface area contributed by atoms with Gasteiger partial charge in [-0.3, -0.25) is 4.79 Å². The maximum Gasteiger partial charge on any atom is 0.257 e. The van der Waals surface area contributed by atoms with Crippen LogP contribution in [-0.4, -0.2) is 25.6 Å². The van der Waals surface area contributed by atoms with E-state index in [1.807, 2.05) is 30.3 Å². The standard InChI is InChI=1S/C12H18N2O2/c13-8-4-5-9-14-12(15)10-16-11-6-2-1-3-7-11/h1-3,6-7H,4-5,8-10,13H2,(H,14,15). The van der Waals surface area contributed by atoms with Crippen molar-refractivity contribution in [2.45, 2.75) is 12.8 Å². The number of nitrogens with two attached hydrogens (primary N) is 1. The number of carbonyl (C=O) groups is 1. The number of benzene rings is 1. The molecule has 0 fully saturated rings. The van der Waals surface area contributed by atoms with Gasteiger partial charge in [-0.25, -0.2) is 0 Å². The van der Waals surface area contributed by atoms with Crippen molar-refractivity contribution in [2.24, 2.45) is 5.73 Å². The highest BCUT2D eigenvalue weighted by molar-refractivity contribution is 5.77. The molecule has 0 spiro atoms. The summed E-state index contributed by atoms with van der Waals surface area (Å²) in [4.78, 5) is 11.3.